The van der Waals surface area contributed by atoms with Crippen molar-refractivity contribution in [2.24, 2.45) is 0 Å². The van der Waals surface area contributed by atoms with E-state index in [1.54, 1.807) is 12.4 Å². The lowest BCUT2D eigenvalue weighted by molar-refractivity contribution is 0.0915. The molecule has 2 aliphatic heterocycles. The van der Waals surface area contributed by atoms with Crippen LogP contribution in [-0.4, -0.2) is 61.7 Å². The number of fused-ring (bicyclic) bond motifs is 1. The largest absolute Gasteiger partial charge is 0.491 e. The minimum atomic E-state index is -0.0969. The van der Waals surface area contributed by atoms with E-state index in [1.165, 1.54) is 11.3 Å². The van der Waals surface area contributed by atoms with E-state index >= 15 is 0 Å². The molecule has 1 atom stereocenters. The van der Waals surface area contributed by atoms with Crippen LogP contribution in [0.2, 0.25) is 0 Å². The average Bonchev–Trinajstić information content (AvgIpc) is 2.68. The SMILES string of the molecule is Cc1cncc(C(=O)N[C@@H]2COc3cccc(N4CCN(C)CC4)c3C2)c1. The van der Waals surface area contributed by atoms with E-state index in [0.29, 0.717) is 12.2 Å². The highest BCUT2D eigenvalue weighted by Gasteiger charge is 2.26. The van der Waals surface area contributed by atoms with Crippen LogP contribution in [0.5, 0.6) is 5.75 Å². The zero-order chi connectivity index (χ0) is 18.8. The second-order valence-electron chi connectivity index (χ2n) is 7.48. The molecule has 1 aromatic heterocycles. The van der Waals surface area contributed by atoms with E-state index in [0.717, 1.165) is 43.9 Å². The molecule has 0 radical (unpaired) electrons. The molecule has 1 N–H and O–H groups in total. The molecule has 4 rings (SSSR count). The molecule has 2 aliphatic rings. The van der Waals surface area contributed by atoms with Crippen molar-refractivity contribution < 1.29 is 9.53 Å². The van der Waals surface area contributed by atoms with E-state index in [2.05, 4.69) is 39.3 Å². The number of rotatable bonds is 3. The Hall–Kier alpha value is -2.60. The van der Waals surface area contributed by atoms with Crippen molar-refractivity contribution in [3.05, 3.63) is 53.3 Å². The maximum absolute atomic E-state index is 12.6. The number of benzene rings is 1. The van der Waals surface area contributed by atoms with Crippen LogP contribution in [0.25, 0.3) is 0 Å². The number of piperazine rings is 1. The van der Waals surface area contributed by atoms with Crippen molar-refractivity contribution in [2.45, 2.75) is 19.4 Å². The van der Waals surface area contributed by atoms with Crippen LogP contribution in [0, 0.1) is 6.92 Å². The summed E-state index contributed by atoms with van der Waals surface area (Å²) in [5.74, 6) is 0.842. The third-order valence-corrected chi connectivity index (χ3v) is 5.32. The number of hydrogen-bond donors (Lipinski definition) is 1. The van der Waals surface area contributed by atoms with Gasteiger partial charge in [-0.1, -0.05) is 6.07 Å². The minimum absolute atomic E-state index is 0.0425. The third kappa shape index (κ3) is 3.90. The summed E-state index contributed by atoms with van der Waals surface area (Å²) in [4.78, 5) is 21.5. The first-order valence-electron chi connectivity index (χ1n) is 9.51. The van der Waals surface area contributed by atoms with Gasteiger partial charge in [0.2, 0.25) is 0 Å². The zero-order valence-corrected chi connectivity index (χ0v) is 15.9. The smallest absolute Gasteiger partial charge is 0.253 e. The molecule has 6 heteroatoms. The summed E-state index contributed by atoms with van der Waals surface area (Å²) >= 11 is 0. The van der Waals surface area contributed by atoms with Crippen molar-refractivity contribution in [2.75, 3.05) is 44.7 Å². The van der Waals surface area contributed by atoms with Crippen molar-refractivity contribution in [3.8, 4) is 5.75 Å². The number of amides is 1. The monoisotopic (exact) mass is 366 g/mol. The van der Waals surface area contributed by atoms with Gasteiger partial charge in [-0.15, -0.1) is 0 Å². The van der Waals surface area contributed by atoms with E-state index in [1.807, 2.05) is 19.1 Å². The molecular weight excluding hydrogens is 340 g/mol. The fourth-order valence-corrected chi connectivity index (χ4v) is 3.77. The Morgan fingerprint density at radius 2 is 2.04 bits per heavy atom. The number of likely N-dealkylation sites (N-methyl/N-ethyl adjacent to an activating group) is 1. The van der Waals surface area contributed by atoms with Gasteiger partial charge in [0.15, 0.2) is 0 Å². The van der Waals surface area contributed by atoms with Gasteiger partial charge in [0.1, 0.15) is 12.4 Å². The van der Waals surface area contributed by atoms with Crippen LogP contribution in [0.1, 0.15) is 21.5 Å². The Kier molecular flexibility index (Phi) is 4.99. The number of aromatic nitrogens is 1. The quantitative estimate of drug-likeness (QED) is 0.899. The fraction of sp³-hybridized carbons (Fsp3) is 0.429. The highest BCUT2D eigenvalue weighted by Crippen LogP contribution is 2.34. The Balaban J connectivity index is 1.50. The number of anilines is 1. The average molecular weight is 366 g/mol. The van der Waals surface area contributed by atoms with E-state index in [4.69, 9.17) is 4.74 Å². The predicted molar refractivity (Wildman–Crippen MR) is 106 cm³/mol. The fourth-order valence-electron chi connectivity index (χ4n) is 3.77. The highest BCUT2D eigenvalue weighted by molar-refractivity contribution is 5.94. The van der Waals surface area contributed by atoms with Gasteiger partial charge in [-0.05, 0) is 37.7 Å². The van der Waals surface area contributed by atoms with E-state index in [-0.39, 0.29) is 11.9 Å². The zero-order valence-electron chi connectivity index (χ0n) is 15.9. The Bertz CT molecular complexity index is 831. The lowest BCUT2D eigenvalue weighted by atomic mass is 9.99. The van der Waals surface area contributed by atoms with Crippen LogP contribution < -0.4 is 15.0 Å². The molecule has 142 valence electrons. The summed E-state index contributed by atoms with van der Waals surface area (Å²) < 4.78 is 5.98. The number of aryl methyl sites for hydroxylation is 1. The van der Waals surface area contributed by atoms with Gasteiger partial charge in [-0.3, -0.25) is 9.78 Å². The first-order valence-corrected chi connectivity index (χ1v) is 9.51. The molecule has 0 aliphatic carbocycles. The molecule has 0 spiro atoms. The van der Waals surface area contributed by atoms with Crippen molar-refractivity contribution in [1.29, 1.82) is 0 Å². The highest BCUT2D eigenvalue weighted by atomic mass is 16.5. The van der Waals surface area contributed by atoms with Crippen molar-refractivity contribution in [3.63, 3.8) is 0 Å². The third-order valence-electron chi connectivity index (χ3n) is 5.32. The lowest BCUT2D eigenvalue weighted by Gasteiger charge is -2.37. The molecule has 27 heavy (non-hydrogen) atoms. The normalized spacial score (nSPS) is 19.9. The standard InChI is InChI=1S/C21H26N4O2/c1-15-10-16(13-22-12-15)21(26)23-17-11-18-19(4-3-5-20(18)27-14-17)25-8-6-24(2)7-9-25/h3-5,10,12-13,17H,6-9,11,14H2,1-2H3,(H,23,26)/t17-/m0/s1. The summed E-state index contributed by atoms with van der Waals surface area (Å²) in [6.45, 7) is 6.57. The van der Waals surface area contributed by atoms with Gasteiger partial charge in [0.25, 0.3) is 5.91 Å². The van der Waals surface area contributed by atoms with E-state index < -0.39 is 0 Å². The number of pyridine rings is 1. The van der Waals surface area contributed by atoms with Crippen LogP contribution in [0.4, 0.5) is 5.69 Å². The number of hydrogen-bond acceptors (Lipinski definition) is 5. The van der Waals surface area contributed by atoms with Crippen molar-refractivity contribution in [1.82, 2.24) is 15.2 Å². The molecule has 1 fully saturated rings. The molecular formula is C21H26N4O2. The molecule has 1 saturated heterocycles. The number of ether oxygens (including phenoxy) is 1. The summed E-state index contributed by atoms with van der Waals surface area (Å²) in [6.07, 6.45) is 4.14. The Morgan fingerprint density at radius 3 is 2.81 bits per heavy atom. The van der Waals surface area contributed by atoms with Gasteiger partial charge < -0.3 is 19.9 Å². The van der Waals surface area contributed by atoms with E-state index in [9.17, 15) is 4.79 Å². The second kappa shape index (κ2) is 7.56. The minimum Gasteiger partial charge on any atom is -0.491 e. The van der Waals surface area contributed by atoms with Gasteiger partial charge in [0, 0.05) is 56.2 Å². The number of nitrogens with zero attached hydrogens (tertiary/aromatic N) is 3. The van der Waals surface area contributed by atoms with Crippen molar-refractivity contribution >= 4 is 11.6 Å². The molecule has 0 bridgehead atoms. The Labute approximate surface area is 160 Å². The molecule has 2 aromatic rings. The second-order valence-corrected chi connectivity index (χ2v) is 7.48. The predicted octanol–water partition coefficient (Wildman–Crippen LogP) is 1.88. The number of carbonyl (C=O) groups excluding carboxylic acids is 1. The summed E-state index contributed by atoms with van der Waals surface area (Å²) in [5.41, 5.74) is 4.00. The number of nitrogens with one attached hydrogen (secondary N) is 1. The Morgan fingerprint density at radius 1 is 1.22 bits per heavy atom. The molecule has 1 aromatic carbocycles. The summed E-state index contributed by atoms with van der Waals surface area (Å²) in [5, 5.41) is 3.11. The summed E-state index contributed by atoms with van der Waals surface area (Å²) in [6, 6.07) is 8.07. The maximum atomic E-state index is 12.6. The molecule has 1 amide bonds. The van der Waals surface area contributed by atoms with Gasteiger partial charge in [-0.25, -0.2) is 0 Å². The topological polar surface area (TPSA) is 57.7 Å². The number of carbonyl (C=O) groups is 1. The molecule has 6 nitrogen and oxygen atoms in total. The first-order chi connectivity index (χ1) is 13.1. The molecule has 0 saturated carbocycles. The van der Waals surface area contributed by atoms with Crippen LogP contribution in [0.15, 0.2) is 36.7 Å². The van der Waals surface area contributed by atoms with Gasteiger partial charge >= 0.3 is 0 Å². The van der Waals surface area contributed by atoms with Gasteiger partial charge in [0.05, 0.1) is 11.6 Å². The van der Waals surface area contributed by atoms with Gasteiger partial charge in [-0.2, -0.15) is 0 Å². The maximum Gasteiger partial charge on any atom is 0.253 e. The molecule has 3 heterocycles. The van der Waals surface area contributed by atoms with Crippen LogP contribution >= 0.6 is 0 Å². The summed E-state index contributed by atoms with van der Waals surface area (Å²) in [7, 11) is 2.16. The van der Waals surface area contributed by atoms with Crippen LogP contribution in [0.3, 0.4) is 0 Å². The van der Waals surface area contributed by atoms with Crippen LogP contribution in [-0.2, 0) is 6.42 Å². The molecule has 0 unspecified atom stereocenters. The lowest BCUT2D eigenvalue weighted by Crippen LogP contribution is -2.46. The first kappa shape index (κ1) is 17.8.